The predicted octanol–water partition coefficient (Wildman–Crippen LogP) is 3.47. The van der Waals surface area contributed by atoms with Crippen molar-refractivity contribution >= 4 is 23.8 Å². The van der Waals surface area contributed by atoms with Gasteiger partial charge in [-0.1, -0.05) is 36.4 Å². The number of carboxylic acid groups (broad SMARTS) is 1. The van der Waals surface area contributed by atoms with E-state index in [1.807, 2.05) is 30.3 Å². The average Bonchev–Trinajstić information content (AvgIpc) is 2.45. The number of hydrogen-bond acceptors (Lipinski definition) is 3. The number of pyridine rings is 1. The van der Waals surface area contributed by atoms with Crippen LogP contribution in [0.5, 0.6) is 0 Å². The first-order chi connectivity index (χ1) is 9.24. The molecule has 0 aliphatic heterocycles. The summed E-state index contributed by atoms with van der Waals surface area (Å²) in [6, 6.07) is 13.9. The smallest absolute Gasteiger partial charge is 0.328 e. The molecule has 1 heterocycles. The van der Waals surface area contributed by atoms with Crippen molar-refractivity contribution in [3.05, 3.63) is 65.9 Å². The van der Waals surface area contributed by atoms with E-state index in [1.54, 1.807) is 18.0 Å². The van der Waals surface area contributed by atoms with Crippen LogP contribution in [0.25, 0.3) is 6.08 Å². The lowest BCUT2D eigenvalue weighted by Crippen LogP contribution is -1.87. The number of aliphatic carboxylic acids is 1. The van der Waals surface area contributed by atoms with Crippen LogP contribution in [-0.4, -0.2) is 16.1 Å². The maximum Gasteiger partial charge on any atom is 0.328 e. The van der Waals surface area contributed by atoms with Crippen molar-refractivity contribution in [2.24, 2.45) is 0 Å². The standard InChI is InChI=1S/C15H13NO2S/c17-15(18)9-7-12-6-8-14(16-10-12)19-11-13-4-2-1-3-5-13/h1-10H,11H2,(H,17,18). The molecular weight excluding hydrogens is 258 g/mol. The monoisotopic (exact) mass is 271 g/mol. The van der Waals surface area contributed by atoms with E-state index >= 15 is 0 Å². The maximum atomic E-state index is 10.4. The third kappa shape index (κ3) is 4.60. The molecule has 1 aromatic carbocycles. The Kier molecular flexibility index (Phi) is 4.75. The number of carboxylic acids is 1. The SMILES string of the molecule is O=C(O)C=Cc1ccc(SCc2ccccc2)nc1. The van der Waals surface area contributed by atoms with Crippen LogP contribution in [0.4, 0.5) is 0 Å². The quantitative estimate of drug-likeness (QED) is 0.668. The van der Waals surface area contributed by atoms with Gasteiger partial charge in [-0.2, -0.15) is 0 Å². The van der Waals surface area contributed by atoms with Crippen molar-refractivity contribution in [2.75, 3.05) is 0 Å². The molecule has 3 nitrogen and oxygen atoms in total. The molecule has 0 unspecified atom stereocenters. The van der Waals surface area contributed by atoms with Gasteiger partial charge in [0.25, 0.3) is 0 Å². The van der Waals surface area contributed by atoms with Crippen molar-refractivity contribution in [1.82, 2.24) is 4.98 Å². The summed E-state index contributed by atoms with van der Waals surface area (Å²) >= 11 is 1.66. The van der Waals surface area contributed by atoms with Crippen LogP contribution >= 0.6 is 11.8 Å². The normalized spacial score (nSPS) is 10.7. The van der Waals surface area contributed by atoms with Gasteiger partial charge in [0.15, 0.2) is 0 Å². The largest absolute Gasteiger partial charge is 0.478 e. The van der Waals surface area contributed by atoms with E-state index in [0.717, 1.165) is 22.4 Å². The van der Waals surface area contributed by atoms with Crippen LogP contribution in [0.2, 0.25) is 0 Å². The number of hydrogen-bond donors (Lipinski definition) is 1. The lowest BCUT2D eigenvalue weighted by Gasteiger charge is -2.01. The van der Waals surface area contributed by atoms with Gasteiger partial charge in [0.2, 0.25) is 0 Å². The molecule has 0 saturated heterocycles. The molecule has 0 aliphatic rings. The number of aromatic nitrogens is 1. The van der Waals surface area contributed by atoms with E-state index in [1.165, 1.54) is 11.6 Å². The van der Waals surface area contributed by atoms with Gasteiger partial charge in [0, 0.05) is 18.0 Å². The van der Waals surface area contributed by atoms with Crippen molar-refractivity contribution in [3.8, 4) is 0 Å². The lowest BCUT2D eigenvalue weighted by molar-refractivity contribution is -0.131. The van der Waals surface area contributed by atoms with Gasteiger partial charge in [-0.15, -0.1) is 11.8 Å². The van der Waals surface area contributed by atoms with Gasteiger partial charge >= 0.3 is 5.97 Å². The third-order valence-corrected chi connectivity index (χ3v) is 3.42. The molecule has 1 N–H and O–H groups in total. The Balaban J connectivity index is 1.94. The Hall–Kier alpha value is -2.07. The first-order valence-corrected chi connectivity index (χ1v) is 6.76. The van der Waals surface area contributed by atoms with E-state index in [9.17, 15) is 4.79 Å². The van der Waals surface area contributed by atoms with Crippen LogP contribution in [0, 0.1) is 0 Å². The molecule has 1 aromatic heterocycles. The van der Waals surface area contributed by atoms with Crippen molar-refractivity contribution in [1.29, 1.82) is 0 Å². The molecule has 0 aliphatic carbocycles. The molecule has 2 aromatic rings. The van der Waals surface area contributed by atoms with Gasteiger partial charge in [-0.05, 0) is 23.3 Å². The number of benzene rings is 1. The van der Waals surface area contributed by atoms with E-state index in [0.29, 0.717) is 0 Å². The molecule has 96 valence electrons. The fourth-order valence-corrected chi connectivity index (χ4v) is 2.27. The predicted molar refractivity (Wildman–Crippen MR) is 76.9 cm³/mol. The molecule has 4 heteroatoms. The zero-order valence-electron chi connectivity index (χ0n) is 10.2. The Morgan fingerprint density at radius 3 is 2.63 bits per heavy atom. The first kappa shape index (κ1) is 13.4. The molecule has 0 atom stereocenters. The molecule has 0 amide bonds. The summed E-state index contributed by atoms with van der Waals surface area (Å²) in [6.45, 7) is 0. The first-order valence-electron chi connectivity index (χ1n) is 5.78. The molecule has 0 saturated carbocycles. The molecule has 0 fully saturated rings. The molecule has 0 bridgehead atoms. The second kappa shape index (κ2) is 6.75. The zero-order valence-corrected chi connectivity index (χ0v) is 11.0. The topological polar surface area (TPSA) is 50.2 Å². The second-order valence-corrected chi connectivity index (χ2v) is 4.87. The number of rotatable bonds is 5. The van der Waals surface area contributed by atoms with Crippen LogP contribution < -0.4 is 0 Å². The third-order valence-electron chi connectivity index (χ3n) is 2.41. The van der Waals surface area contributed by atoms with Crippen LogP contribution in [0.15, 0.2) is 59.8 Å². The summed E-state index contributed by atoms with van der Waals surface area (Å²) in [7, 11) is 0. The highest BCUT2D eigenvalue weighted by atomic mass is 32.2. The Morgan fingerprint density at radius 2 is 2.00 bits per heavy atom. The Bertz CT molecular complexity index is 564. The minimum absolute atomic E-state index is 0.784. The van der Waals surface area contributed by atoms with Crippen molar-refractivity contribution in [2.45, 2.75) is 10.8 Å². The van der Waals surface area contributed by atoms with Crippen LogP contribution in [0.1, 0.15) is 11.1 Å². The van der Waals surface area contributed by atoms with E-state index in [2.05, 4.69) is 17.1 Å². The summed E-state index contributed by atoms with van der Waals surface area (Å²) in [6.07, 6.45) is 4.31. The molecule has 0 radical (unpaired) electrons. The molecule has 19 heavy (non-hydrogen) atoms. The Labute approximate surface area is 116 Å². The molecular formula is C15H13NO2S. The van der Waals surface area contributed by atoms with E-state index < -0.39 is 5.97 Å². The molecule has 0 spiro atoms. The summed E-state index contributed by atoms with van der Waals surface area (Å²) in [5.74, 6) is -0.0828. The van der Waals surface area contributed by atoms with E-state index in [4.69, 9.17) is 5.11 Å². The molecule has 2 rings (SSSR count). The number of carbonyl (C=O) groups is 1. The van der Waals surface area contributed by atoms with Gasteiger partial charge in [-0.3, -0.25) is 0 Å². The van der Waals surface area contributed by atoms with Gasteiger partial charge in [0.05, 0.1) is 5.03 Å². The number of thioether (sulfide) groups is 1. The van der Waals surface area contributed by atoms with E-state index in [-0.39, 0.29) is 0 Å². The Morgan fingerprint density at radius 1 is 1.21 bits per heavy atom. The highest BCUT2D eigenvalue weighted by Crippen LogP contribution is 2.20. The summed E-state index contributed by atoms with van der Waals surface area (Å²) in [5, 5.41) is 9.46. The summed E-state index contributed by atoms with van der Waals surface area (Å²) in [5.41, 5.74) is 2.04. The summed E-state index contributed by atoms with van der Waals surface area (Å²) < 4.78 is 0. The van der Waals surface area contributed by atoms with Gasteiger partial charge < -0.3 is 5.11 Å². The van der Waals surface area contributed by atoms with Crippen LogP contribution in [-0.2, 0) is 10.5 Å². The van der Waals surface area contributed by atoms with Crippen molar-refractivity contribution in [3.63, 3.8) is 0 Å². The van der Waals surface area contributed by atoms with Gasteiger partial charge in [0.1, 0.15) is 0 Å². The van der Waals surface area contributed by atoms with Crippen molar-refractivity contribution < 1.29 is 9.90 Å². The fraction of sp³-hybridized carbons (Fsp3) is 0.0667. The minimum atomic E-state index is -0.956. The highest BCUT2D eigenvalue weighted by Gasteiger charge is 1.97. The fourth-order valence-electron chi connectivity index (χ4n) is 1.47. The summed E-state index contributed by atoms with van der Waals surface area (Å²) in [4.78, 5) is 14.7. The zero-order chi connectivity index (χ0) is 13.5. The van der Waals surface area contributed by atoms with Gasteiger partial charge in [-0.25, -0.2) is 9.78 Å². The second-order valence-electron chi connectivity index (χ2n) is 3.88. The highest BCUT2D eigenvalue weighted by molar-refractivity contribution is 7.98. The number of nitrogens with zero attached hydrogens (tertiary/aromatic N) is 1. The minimum Gasteiger partial charge on any atom is -0.478 e. The lowest BCUT2D eigenvalue weighted by atomic mass is 10.2. The van der Waals surface area contributed by atoms with Crippen LogP contribution in [0.3, 0.4) is 0 Å². The maximum absolute atomic E-state index is 10.4. The average molecular weight is 271 g/mol.